The van der Waals surface area contributed by atoms with Gasteiger partial charge in [-0.05, 0) is 78.0 Å². The van der Waals surface area contributed by atoms with Gasteiger partial charge in [0.15, 0.2) is 11.3 Å². The number of alkyl halides is 3. The van der Waals surface area contributed by atoms with Crippen molar-refractivity contribution in [3.63, 3.8) is 0 Å². The Morgan fingerprint density at radius 1 is 1.33 bits per heavy atom. The van der Waals surface area contributed by atoms with Crippen LogP contribution in [-0.4, -0.2) is 80.6 Å². The van der Waals surface area contributed by atoms with E-state index in [2.05, 4.69) is 4.98 Å². The Kier molecular flexibility index (Phi) is 7.01. The summed E-state index contributed by atoms with van der Waals surface area (Å²) < 4.78 is 47.2. The lowest BCUT2D eigenvalue weighted by Gasteiger charge is -2.37. The number of fused-ring (bicyclic) bond motifs is 1. The largest absolute Gasteiger partial charge is 0.492 e. The molecule has 2 aliphatic carbocycles. The van der Waals surface area contributed by atoms with Crippen LogP contribution in [0.25, 0.3) is 0 Å². The number of ether oxygens (including phenoxy) is 1. The van der Waals surface area contributed by atoms with Gasteiger partial charge in [0.05, 0.1) is 41.2 Å². The van der Waals surface area contributed by atoms with E-state index in [9.17, 15) is 23.5 Å². The molecule has 0 bridgehead atoms. The Balaban J connectivity index is 1.41. The summed E-state index contributed by atoms with van der Waals surface area (Å²) in [6, 6.07) is 5.54. The minimum atomic E-state index is -4.57. The topological polar surface area (TPSA) is 75.9 Å². The van der Waals surface area contributed by atoms with Gasteiger partial charge < -0.3 is 24.5 Å². The smallest absolute Gasteiger partial charge is 0.414 e. The van der Waals surface area contributed by atoms with Crippen LogP contribution in [0.1, 0.15) is 45.2 Å². The van der Waals surface area contributed by atoms with Gasteiger partial charge in [-0.1, -0.05) is 0 Å². The van der Waals surface area contributed by atoms with Gasteiger partial charge in [0, 0.05) is 24.6 Å². The fourth-order valence-electron chi connectivity index (χ4n) is 5.58. The van der Waals surface area contributed by atoms with Crippen LogP contribution in [0.3, 0.4) is 0 Å². The third kappa shape index (κ3) is 4.66. The highest BCUT2D eigenvalue weighted by Gasteiger charge is 2.70. The third-order valence-corrected chi connectivity index (χ3v) is 7.94. The molecule has 196 valence electrons. The molecule has 0 amide bonds. The van der Waals surface area contributed by atoms with Crippen molar-refractivity contribution >= 4 is 17.3 Å². The highest BCUT2D eigenvalue weighted by Crippen LogP contribution is 2.64. The van der Waals surface area contributed by atoms with Crippen molar-refractivity contribution < 1.29 is 23.0 Å². The van der Waals surface area contributed by atoms with Crippen LogP contribution in [-0.2, 0) is 6.54 Å². The van der Waals surface area contributed by atoms with Crippen LogP contribution in [0.5, 0.6) is 5.75 Å². The summed E-state index contributed by atoms with van der Waals surface area (Å²) in [6.07, 6.45) is -2.71. The molecule has 1 aliphatic heterocycles. The second kappa shape index (κ2) is 9.47. The zero-order chi connectivity index (χ0) is 26.5. The molecule has 0 radical (unpaired) electrons. The molecule has 3 atom stereocenters. The molecule has 0 aromatic carbocycles. The second-order valence-corrected chi connectivity index (χ2v) is 11.0. The van der Waals surface area contributed by atoms with E-state index in [1.807, 2.05) is 49.9 Å². The lowest BCUT2D eigenvalue weighted by Crippen LogP contribution is -2.50. The number of allylic oxidation sites excluding steroid dienone is 1. The summed E-state index contributed by atoms with van der Waals surface area (Å²) in [5.74, 6) is -0.195. The number of aliphatic hydroxyl groups excluding tert-OH is 1. The zero-order valence-corrected chi connectivity index (χ0v) is 21.8. The van der Waals surface area contributed by atoms with Crippen molar-refractivity contribution in [3.8, 4) is 11.8 Å². The number of rotatable bonds is 8. The van der Waals surface area contributed by atoms with Gasteiger partial charge in [-0.3, -0.25) is 4.98 Å². The van der Waals surface area contributed by atoms with Gasteiger partial charge in [-0.15, -0.1) is 0 Å². The Hall–Kier alpha value is -2.42. The van der Waals surface area contributed by atoms with Gasteiger partial charge in [0.1, 0.15) is 5.75 Å². The second-order valence-electron chi connectivity index (χ2n) is 10.6. The molecule has 11 heteroatoms. The van der Waals surface area contributed by atoms with E-state index in [0.717, 1.165) is 12.2 Å². The van der Waals surface area contributed by atoms with Crippen molar-refractivity contribution in [1.29, 1.82) is 5.26 Å². The van der Waals surface area contributed by atoms with Crippen LogP contribution in [0.2, 0.25) is 0 Å². The van der Waals surface area contributed by atoms with Crippen molar-refractivity contribution in [2.24, 2.45) is 5.92 Å². The van der Waals surface area contributed by atoms with Crippen LogP contribution >= 0.6 is 12.2 Å². The summed E-state index contributed by atoms with van der Waals surface area (Å²) >= 11 is 5.72. The summed E-state index contributed by atoms with van der Waals surface area (Å²) in [7, 11) is 3.95. The van der Waals surface area contributed by atoms with E-state index in [1.54, 1.807) is 17.2 Å². The Morgan fingerprint density at radius 2 is 2.06 bits per heavy atom. The molecule has 1 saturated heterocycles. The van der Waals surface area contributed by atoms with Gasteiger partial charge in [0.25, 0.3) is 0 Å². The third-order valence-electron chi connectivity index (χ3n) is 7.53. The maximum atomic E-state index is 13.8. The molecule has 3 aliphatic rings. The molecule has 4 rings (SSSR count). The molecular weight excluding hydrogens is 491 g/mol. The number of thiocarbonyl (C=S) groups is 1. The summed E-state index contributed by atoms with van der Waals surface area (Å²) in [5.41, 5.74) is -1.69. The highest BCUT2D eigenvalue weighted by molar-refractivity contribution is 7.80. The first-order valence-electron chi connectivity index (χ1n) is 12.0. The lowest BCUT2D eigenvalue weighted by molar-refractivity contribution is -0.101. The molecule has 2 heterocycles. The van der Waals surface area contributed by atoms with E-state index in [-0.39, 0.29) is 18.4 Å². The minimum absolute atomic E-state index is 0.0311. The van der Waals surface area contributed by atoms with Crippen LogP contribution in [0.15, 0.2) is 29.5 Å². The zero-order valence-electron chi connectivity index (χ0n) is 21.0. The summed E-state index contributed by atoms with van der Waals surface area (Å²) in [4.78, 5) is 9.91. The summed E-state index contributed by atoms with van der Waals surface area (Å²) in [6.45, 7) is 5.31. The van der Waals surface area contributed by atoms with Gasteiger partial charge >= 0.3 is 6.18 Å². The predicted molar refractivity (Wildman–Crippen MR) is 132 cm³/mol. The Bertz CT molecular complexity index is 1080. The van der Waals surface area contributed by atoms with E-state index in [0.29, 0.717) is 36.9 Å². The molecule has 1 aromatic rings. The van der Waals surface area contributed by atoms with E-state index >= 15 is 0 Å². The first-order chi connectivity index (χ1) is 16.8. The van der Waals surface area contributed by atoms with Gasteiger partial charge in [-0.2, -0.15) is 18.4 Å². The number of halogens is 3. The molecular formula is C25H32F3N5O2S. The molecule has 0 spiro atoms. The van der Waals surface area contributed by atoms with E-state index in [4.69, 9.17) is 17.0 Å². The highest BCUT2D eigenvalue weighted by atomic mass is 32.1. The lowest BCUT2D eigenvalue weighted by atomic mass is 9.87. The van der Waals surface area contributed by atoms with Gasteiger partial charge in [0.2, 0.25) is 0 Å². The number of nitrogens with zero attached hydrogens (tertiary/aromatic N) is 5. The Labute approximate surface area is 215 Å². The molecule has 36 heavy (non-hydrogen) atoms. The Morgan fingerprint density at radius 3 is 2.64 bits per heavy atom. The molecule has 2 fully saturated rings. The predicted octanol–water partition coefficient (Wildman–Crippen LogP) is 3.85. The number of nitriles is 1. The number of hydrogen-bond acceptors (Lipinski definition) is 6. The molecule has 1 aromatic heterocycles. The normalized spacial score (nSPS) is 27.4. The molecule has 7 nitrogen and oxygen atoms in total. The number of aliphatic hydroxyl groups is 1. The summed E-state index contributed by atoms with van der Waals surface area (Å²) in [5, 5.41) is 20.8. The molecule has 1 N–H and O–H groups in total. The van der Waals surface area contributed by atoms with Crippen molar-refractivity contribution in [2.45, 2.75) is 69.6 Å². The first kappa shape index (κ1) is 26.6. The number of aromatic nitrogens is 1. The maximum absolute atomic E-state index is 13.8. The minimum Gasteiger partial charge on any atom is -0.492 e. The monoisotopic (exact) mass is 523 g/mol. The standard InChI is InChI=1S/C25H32F3N5O2S/c1-23(2)21(34)33(24-9-8-16(13-29)20(19(24)12-24)25(26,27)28)22(36)32(23)10-5-11-35-18-7-6-17(30-14-18)15-31(3)4/h6-7,14,19,21,34H,5,8-12,15H2,1-4H3. The van der Waals surface area contributed by atoms with Gasteiger partial charge in [-0.25, -0.2) is 0 Å². The first-order valence-corrected chi connectivity index (χ1v) is 12.5. The quantitative estimate of drug-likeness (QED) is 0.407. The molecule has 1 saturated carbocycles. The van der Waals surface area contributed by atoms with E-state index < -0.39 is 35.0 Å². The fourth-order valence-corrected chi connectivity index (χ4v) is 6.19. The number of hydrogen-bond donors (Lipinski definition) is 1. The van der Waals surface area contributed by atoms with Crippen LogP contribution in [0.4, 0.5) is 13.2 Å². The van der Waals surface area contributed by atoms with Crippen molar-refractivity contribution in [2.75, 3.05) is 27.2 Å². The SMILES string of the molecule is CN(C)Cc1ccc(OCCCN2C(=S)N(C34CCC(C#N)=C(C(F)(F)F)C3C4)C(O)C2(C)C)cn1. The maximum Gasteiger partial charge on any atom is 0.414 e. The van der Waals surface area contributed by atoms with E-state index in [1.165, 1.54) is 0 Å². The van der Waals surface area contributed by atoms with Crippen LogP contribution in [0, 0.1) is 17.2 Å². The average molecular weight is 524 g/mol. The van der Waals surface area contributed by atoms with Crippen molar-refractivity contribution in [3.05, 3.63) is 35.2 Å². The molecule has 3 unspecified atom stereocenters. The average Bonchev–Trinajstić information content (AvgIpc) is 3.49. The fraction of sp³-hybridized carbons (Fsp3) is 0.640. The van der Waals surface area contributed by atoms with Crippen LogP contribution < -0.4 is 4.74 Å². The van der Waals surface area contributed by atoms with Crippen molar-refractivity contribution in [1.82, 2.24) is 19.7 Å². The number of pyridine rings is 1.